The van der Waals surface area contributed by atoms with Crippen molar-refractivity contribution in [3.8, 4) is 11.8 Å². The van der Waals surface area contributed by atoms with Crippen LogP contribution in [0.1, 0.15) is 19.9 Å². The molecule has 90 valence electrons. The summed E-state index contributed by atoms with van der Waals surface area (Å²) < 4.78 is 8.56. The summed E-state index contributed by atoms with van der Waals surface area (Å²) in [5.74, 6) is 1.34. The first-order chi connectivity index (χ1) is 8.08. The fourth-order valence-corrected chi connectivity index (χ4v) is 1.82. The summed E-state index contributed by atoms with van der Waals surface area (Å²) in [7, 11) is 0. The highest BCUT2D eigenvalue weighted by Crippen LogP contribution is 2.26. The van der Waals surface area contributed by atoms with Crippen LogP contribution in [0.4, 0.5) is 5.82 Å². The zero-order valence-electron chi connectivity index (χ0n) is 9.72. The Morgan fingerprint density at radius 1 is 1.29 bits per heavy atom. The third kappa shape index (κ3) is 2.61. The van der Waals surface area contributed by atoms with Gasteiger partial charge in [-0.15, -0.1) is 0 Å². The van der Waals surface area contributed by atoms with Crippen LogP contribution in [-0.4, -0.2) is 9.55 Å². The van der Waals surface area contributed by atoms with Crippen molar-refractivity contribution in [3.63, 3.8) is 0 Å². The summed E-state index contributed by atoms with van der Waals surface area (Å²) in [5.41, 5.74) is 5.83. The maximum atomic E-state index is 5.83. The van der Waals surface area contributed by atoms with Crippen molar-refractivity contribution in [2.75, 3.05) is 5.73 Å². The van der Waals surface area contributed by atoms with E-state index in [9.17, 15) is 0 Å². The average molecular weight is 296 g/mol. The molecule has 1 aromatic heterocycles. The fourth-order valence-electron chi connectivity index (χ4n) is 1.56. The molecule has 0 bridgehead atoms. The predicted octanol–water partition coefficient (Wildman–Crippen LogP) is 3.60. The van der Waals surface area contributed by atoms with Gasteiger partial charge in [-0.05, 0) is 38.1 Å². The van der Waals surface area contributed by atoms with Gasteiger partial charge in [0, 0.05) is 10.5 Å². The molecule has 5 heteroatoms. The standard InChI is InChI=1S/C12H14BrN3O/c1-8(2)16-11(14)7-15-12(16)17-10-5-3-9(13)4-6-10/h3-8H,14H2,1-2H3. The van der Waals surface area contributed by atoms with Crippen LogP contribution in [0.25, 0.3) is 0 Å². The lowest BCUT2D eigenvalue weighted by molar-refractivity contribution is 0.398. The van der Waals surface area contributed by atoms with Crippen molar-refractivity contribution < 1.29 is 4.74 Å². The molecule has 2 N–H and O–H groups in total. The van der Waals surface area contributed by atoms with Crippen molar-refractivity contribution in [2.45, 2.75) is 19.9 Å². The van der Waals surface area contributed by atoms with Gasteiger partial charge >= 0.3 is 6.01 Å². The van der Waals surface area contributed by atoms with Gasteiger partial charge in [-0.1, -0.05) is 15.9 Å². The van der Waals surface area contributed by atoms with Gasteiger partial charge < -0.3 is 10.5 Å². The monoisotopic (exact) mass is 295 g/mol. The van der Waals surface area contributed by atoms with Crippen molar-refractivity contribution >= 4 is 21.7 Å². The minimum absolute atomic E-state index is 0.211. The normalized spacial score (nSPS) is 10.8. The molecule has 0 spiro atoms. The molecule has 1 heterocycles. The molecule has 0 saturated heterocycles. The zero-order chi connectivity index (χ0) is 12.4. The van der Waals surface area contributed by atoms with E-state index in [4.69, 9.17) is 10.5 Å². The van der Waals surface area contributed by atoms with Gasteiger partial charge in [-0.2, -0.15) is 0 Å². The van der Waals surface area contributed by atoms with Gasteiger partial charge in [0.2, 0.25) is 0 Å². The third-order valence-corrected chi connectivity index (χ3v) is 2.86. The van der Waals surface area contributed by atoms with Gasteiger partial charge in [0.1, 0.15) is 11.6 Å². The zero-order valence-corrected chi connectivity index (χ0v) is 11.3. The Hall–Kier alpha value is -1.49. The van der Waals surface area contributed by atoms with Gasteiger partial charge in [0.15, 0.2) is 0 Å². The van der Waals surface area contributed by atoms with Crippen LogP contribution in [0, 0.1) is 0 Å². The van der Waals surface area contributed by atoms with E-state index in [2.05, 4.69) is 20.9 Å². The molecule has 0 amide bonds. The highest BCUT2D eigenvalue weighted by molar-refractivity contribution is 9.10. The number of benzene rings is 1. The van der Waals surface area contributed by atoms with E-state index in [1.54, 1.807) is 6.20 Å². The van der Waals surface area contributed by atoms with Crippen molar-refractivity contribution in [1.82, 2.24) is 9.55 Å². The van der Waals surface area contributed by atoms with E-state index in [0.717, 1.165) is 10.2 Å². The Labute approximate surface area is 109 Å². The minimum atomic E-state index is 0.211. The number of nitrogen functional groups attached to an aromatic ring is 1. The molecule has 0 fully saturated rings. The van der Waals surface area contributed by atoms with E-state index < -0.39 is 0 Å². The number of imidazole rings is 1. The highest BCUT2D eigenvalue weighted by atomic mass is 79.9. The maximum absolute atomic E-state index is 5.83. The molecular weight excluding hydrogens is 282 g/mol. The number of hydrogen-bond acceptors (Lipinski definition) is 3. The second kappa shape index (κ2) is 4.79. The van der Waals surface area contributed by atoms with Crippen molar-refractivity contribution in [3.05, 3.63) is 34.9 Å². The third-order valence-electron chi connectivity index (χ3n) is 2.33. The summed E-state index contributed by atoms with van der Waals surface area (Å²) in [6, 6.07) is 8.31. The van der Waals surface area contributed by atoms with Crippen molar-refractivity contribution in [2.24, 2.45) is 0 Å². The van der Waals surface area contributed by atoms with E-state index in [-0.39, 0.29) is 6.04 Å². The fraction of sp³-hybridized carbons (Fsp3) is 0.250. The Morgan fingerprint density at radius 3 is 2.53 bits per heavy atom. The van der Waals surface area contributed by atoms with Crippen LogP contribution in [0.3, 0.4) is 0 Å². The number of aromatic nitrogens is 2. The molecule has 0 atom stereocenters. The molecule has 0 aliphatic heterocycles. The molecule has 0 radical (unpaired) electrons. The second-order valence-electron chi connectivity index (χ2n) is 3.99. The number of halogens is 1. The molecule has 1 aromatic carbocycles. The molecule has 0 saturated carbocycles. The minimum Gasteiger partial charge on any atom is -0.425 e. The van der Waals surface area contributed by atoms with Crippen LogP contribution < -0.4 is 10.5 Å². The highest BCUT2D eigenvalue weighted by Gasteiger charge is 2.12. The summed E-state index contributed by atoms with van der Waals surface area (Å²) in [5, 5.41) is 0. The number of rotatable bonds is 3. The Morgan fingerprint density at radius 2 is 1.94 bits per heavy atom. The van der Waals surface area contributed by atoms with Gasteiger partial charge in [-0.25, -0.2) is 4.98 Å². The molecule has 17 heavy (non-hydrogen) atoms. The number of anilines is 1. The number of nitrogens with zero attached hydrogens (tertiary/aromatic N) is 2. The SMILES string of the molecule is CC(C)n1c(N)cnc1Oc1ccc(Br)cc1. The predicted molar refractivity (Wildman–Crippen MR) is 71.2 cm³/mol. The van der Waals surface area contributed by atoms with Crippen LogP contribution in [-0.2, 0) is 0 Å². The summed E-state index contributed by atoms with van der Waals surface area (Å²) in [6.07, 6.45) is 1.61. The lowest BCUT2D eigenvalue weighted by Gasteiger charge is -2.13. The van der Waals surface area contributed by atoms with Crippen LogP contribution in [0.2, 0.25) is 0 Å². The quantitative estimate of drug-likeness (QED) is 0.941. The summed E-state index contributed by atoms with van der Waals surface area (Å²) >= 11 is 3.38. The number of nitrogens with two attached hydrogens (primary N) is 1. The van der Waals surface area contributed by atoms with Gasteiger partial charge in [-0.3, -0.25) is 4.57 Å². The van der Waals surface area contributed by atoms with Gasteiger partial charge in [0.25, 0.3) is 0 Å². The average Bonchev–Trinajstić information content (AvgIpc) is 2.63. The first-order valence-electron chi connectivity index (χ1n) is 5.34. The second-order valence-corrected chi connectivity index (χ2v) is 4.90. The van der Waals surface area contributed by atoms with Crippen LogP contribution in [0.15, 0.2) is 34.9 Å². The summed E-state index contributed by atoms with van der Waals surface area (Å²) in [6.45, 7) is 4.07. The Kier molecular flexibility index (Phi) is 3.38. The number of ether oxygens (including phenoxy) is 1. The number of hydrogen-bond donors (Lipinski definition) is 1. The molecule has 2 aromatic rings. The summed E-state index contributed by atoms with van der Waals surface area (Å²) in [4.78, 5) is 4.16. The molecule has 4 nitrogen and oxygen atoms in total. The Bertz CT molecular complexity index is 505. The van der Waals surface area contributed by atoms with E-state index >= 15 is 0 Å². The molecule has 0 aliphatic carbocycles. The molecule has 2 rings (SSSR count). The van der Waals surface area contributed by atoms with Gasteiger partial charge in [0.05, 0.1) is 6.20 Å². The smallest absolute Gasteiger partial charge is 0.303 e. The first-order valence-corrected chi connectivity index (χ1v) is 6.13. The largest absolute Gasteiger partial charge is 0.425 e. The van der Waals surface area contributed by atoms with E-state index in [1.165, 1.54) is 0 Å². The maximum Gasteiger partial charge on any atom is 0.303 e. The molecule has 0 aliphatic rings. The lowest BCUT2D eigenvalue weighted by Crippen LogP contribution is -2.06. The van der Waals surface area contributed by atoms with E-state index in [0.29, 0.717) is 11.8 Å². The van der Waals surface area contributed by atoms with E-state index in [1.807, 2.05) is 42.7 Å². The van der Waals surface area contributed by atoms with Crippen molar-refractivity contribution in [1.29, 1.82) is 0 Å². The first kappa shape index (κ1) is 12.0. The molecular formula is C12H14BrN3O. The van der Waals surface area contributed by atoms with Crippen LogP contribution >= 0.6 is 15.9 Å². The molecule has 0 unspecified atom stereocenters. The lowest BCUT2D eigenvalue weighted by atomic mass is 10.3. The van der Waals surface area contributed by atoms with Crippen LogP contribution in [0.5, 0.6) is 11.8 Å². The topological polar surface area (TPSA) is 53.1 Å². The Balaban J connectivity index is 2.27.